The highest BCUT2D eigenvalue weighted by Crippen LogP contribution is 2.25. The Balaban J connectivity index is 2.11. The molecule has 7 nitrogen and oxygen atoms in total. The van der Waals surface area contributed by atoms with Gasteiger partial charge in [0.1, 0.15) is 12.2 Å². The standard InChI is InChI=1S/C12H10O7/c1-17-9(13)5-10(14)18-6-2-3-7-8(4-6)12(16)19-11(7)15/h2-4,10,14H,5H2,1H3. The van der Waals surface area contributed by atoms with Crippen LogP contribution in [0.1, 0.15) is 27.1 Å². The quantitative estimate of drug-likeness (QED) is 0.474. The molecule has 1 aromatic carbocycles. The van der Waals surface area contributed by atoms with E-state index >= 15 is 0 Å². The molecule has 1 heterocycles. The van der Waals surface area contributed by atoms with E-state index in [1.54, 1.807) is 0 Å². The summed E-state index contributed by atoms with van der Waals surface area (Å²) >= 11 is 0. The molecule has 0 saturated heterocycles. The van der Waals surface area contributed by atoms with Gasteiger partial charge in [-0.05, 0) is 18.2 Å². The van der Waals surface area contributed by atoms with E-state index in [0.717, 1.165) is 0 Å². The number of rotatable bonds is 4. The topological polar surface area (TPSA) is 99.1 Å². The Labute approximate surface area is 107 Å². The van der Waals surface area contributed by atoms with E-state index in [1.807, 2.05) is 0 Å². The van der Waals surface area contributed by atoms with Crippen molar-refractivity contribution in [3.8, 4) is 5.75 Å². The number of aliphatic hydroxyl groups is 1. The Bertz CT molecular complexity index is 549. The molecule has 0 aliphatic carbocycles. The van der Waals surface area contributed by atoms with Gasteiger partial charge in [-0.2, -0.15) is 0 Å². The van der Waals surface area contributed by atoms with Crippen LogP contribution < -0.4 is 4.74 Å². The summed E-state index contributed by atoms with van der Waals surface area (Å²) in [5, 5.41) is 9.46. The van der Waals surface area contributed by atoms with Crippen molar-refractivity contribution in [3.63, 3.8) is 0 Å². The largest absolute Gasteiger partial charge is 0.469 e. The number of methoxy groups -OCH3 is 1. The third kappa shape index (κ3) is 2.71. The van der Waals surface area contributed by atoms with Crippen LogP contribution in [0.4, 0.5) is 0 Å². The SMILES string of the molecule is COC(=O)CC(O)Oc1ccc2c(c1)C(=O)OC2=O. The summed E-state index contributed by atoms with van der Waals surface area (Å²) < 4.78 is 13.8. The van der Waals surface area contributed by atoms with Crippen molar-refractivity contribution in [2.24, 2.45) is 0 Å². The highest BCUT2D eigenvalue weighted by atomic mass is 16.6. The maximum absolute atomic E-state index is 11.3. The average molecular weight is 266 g/mol. The van der Waals surface area contributed by atoms with Crippen molar-refractivity contribution in [1.82, 2.24) is 0 Å². The second kappa shape index (κ2) is 5.07. The monoisotopic (exact) mass is 266 g/mol. The summed E-state index contributed by atoms with van der Waals surface area (Å²) in [7, 11) is 1.19. The third-order valence-electron chi connectivity index (χ3n) is 2.46. The number of hydrogen-bond donors (Lipinski definition) is 1. The Morgan fingerprint density at radius 3 is 2.68 bits per heavy atom. The van der Waals surface area contributed by atoms with Crippen LogP contribution in [-0.4, -0.2) is 36.4 Å². The molecule has 100 valence electrons. The second-order valence-corrected chi connectivity index (χ2v) is 3.74. The molecule has 7 heteroatoms. The van der Waals surface area contributed by atoms with Gasteiger partial charge in [-0.1, -0.05) is 0 Å². The van der Waals surface area contributed by atoms with Crippen LogP contribution in [0.2, 0.25) is 0 Å². The number of hydrogen-bond acceptors (Lipinski definition) is 7. The van der Waals surface area contributed by atoms with E-state index in [-0.39, 0.29) is 23.3 Å². The first-order chi connectivity index (χ1) is 9.01. The van der Waals surface area contributed by atoms with E-state index in [0.29, 0.717) is 0 Å². The molecule has 1 aliphatic rings. The molecule has 0 saturated carbocycles. The molecule has 2 rings (SSSR count). The van der Waals surface area contributed by atoms with Gasteiger partial charge in [0.05, 0.1) is 18.2 Å². The fourth-order valence-corrected chi connectivity index (χ4v) is 1.56. The van der Waals surface area contributed by atoms with Gasteiger partial charge in [-0.25, -0.2) is 9.59 Å². The number of aliphatic hydroxyl groups excluding tert-OH is 1. The van der Waals surface area contributed by atoms with Crippen LogP contribution >= 0.6 is 0 Å². The van der Waals surface area contributed by atoms with E-state index < -0.39 is 24.2 Å². The number of carbonyl (C=O) groups excluding carboxylic acids is 3. The minimum atomic E-state index is -1.40. The summed E-state index contributed by atoms with van der Waals surface area (Å²) in [5.74, 6) is -1.99. The summed E-state index contributed by atoms with van der Waals surface area (Å²) in [6.07, 6.45) is -1.75. The number of cyclic esters (lactones) is 2. The smallest absolute Gasteiger partial charge is 0.347 e. The molecule has 0 radical (unpaired) electrons. The molecule has 1 N–H and O–H groups in total. The zero-order chi connectivity index (χ0) is 14.0. The van der Waals surface area contributed by atoms with Crippen molar-refractivity contribution in [3.05, 3.63) is 29.3 Å². The predicted octanol–water partition coefficient (Wildman–Crippen LogP) is 0.257. The minimum absolute atomic E-state index is 0.0627. The van der Waals surface area contributed by atoms with Crippen LogP contribution in [0.3, 0.4) is 0 Å². The lowest BCUT2D eigenvalue weighted by Gasteiger charge is -2.12. The molecule has 1 unspecified atom stereocenters. The lowest BCUT2D eigenvalue weighted by molar-refractivity contribution is -0.147. The highest BCUT2D eigenvalue weighted by molar-refractivity contribution is 6.14. The van der Waals surface area contributed by atoms with E-state index in [9.17, 15) is 19.5 Å². The van der Waals surface area contributed by atoms with Gasteiger partial charge in [0.2, 0.25) is 6.29 Å². The third-order valence-corrected chi connectivity index (χ3v) is 2.46. The molecular formula is C12H10O7. The summed E-state index contributed by atoms with van der Waals surface area (Å²) in [4.78, 5) is 33.4. The van der Waals surface area contributed by atoms with Gasteiger partial charge < -0.3 is 19.3 Å². The molecule has 1 aliphatic heterocycles. The number of carbonyl (C=O) groups is 3. The maximum atomic E-state index is 11.3. The Kier molecular flexibility index (Phi) is 3.48. The molecule has 19 heavy (non-hydrogen) atoms. The number of esters is 3. The molecule has 0 amide bonds. The minimum Gasteiger partial charge on any atom is -0.469 e. The van der Waals surface area contributed by atoms with Crippen LogP contribution in [0, 0.1) is 0 Å². The van der Waals surface area contributed by atoms with E-state index in [1.165, 1.54) is 25.3 Å². The number of ether oxygens (including phenoxy) is 3. The van der Waals surface area contributed by atoms with E-state index in [4.69, 9.17) is 4.74 Å². The molecule has 1 aromatic rings. The van der Waals surface area contributed by atoms with Gasteiger partial charge in [0, 0.05) is 0 Å². The summed E-state index contributed by atoms with van der Waals surface area (Å²) in [6, 6.07) is 4.00. The summed E-state index contributed by atoms with van der Waals surface area (Å²) in [5.41, 5.74) is 0.201. The Hall–Kier alpha value is -2.41. The first-order valence-corrected chi connectivity index (χ1v) is 5.33. The molecule has 0 spiro atoms. The van der Waals surface area contributed by atoms with Gasteiger partial charge in [-0.15, -0.1) is 0 Å². The average Bonchev–Trinajstić information content (AvgIpc) is 2.64. The Morgan fingerprint density at radius 1 is 1.32 bits per heavy atom. The Morgan fingerprint density at radius 2 is 2.00 bits per heavy atom. The summed E-state index contributed by atoms with van der Waals surface area (Å²) in [6.45, 7) is 0. The molecule has 1 atom stereocenters. The predicted molar refractivity (Wildman–Crippen MR) is 59.5 cm³/mol. The number of benzene rings is 1. The van der Waals surface area contributed by atoms with Crippen LogP contribution in [0.15, 0.2) is 18.2 Å². The first-order valence-electron chi connectivity index (χ1n) is 5.33. The second-order valence-electron chi connectivity index (χ2n) is 3.74. The van der Waals surface area contributed by atoms with Crippen molar-refractivity contribution < 1.29 is 33.7 Å². The fourth-order valence-electron chi connectivity index (χ4n) is 1.56. The van der Waals surface area contributed by atoms with Crippen LogP contribution in [-0.2, 0) is 14.3 Å². The first kappa shape index (κ1) is 13.0. The van der Waals surface area contributed by atoms with Crippen molar-refractivity contribution in [2.75, 3.05) is 7.11 Å². The molecule has 0 bridgehead atoms. The zero-order valence-electron chi connectivity index (χ0n) is 9.91. The van der Waals surface area contributed by atoms with Crippen molar-refractivity contribution >= 4 is 17.9 Å². The lowest BCUT2D eigenvalue weighted by atomic mass is 10.1. The maximum Gasteiger partial charge on any atom is 0.347 e. The normalized spacial score (nSPS) is 14.6. The van der Waals surface area contributed by atoms with Gasteiger partial charge in [0.25, 0.3) is 0 Å². The molecular weight excluding hydrogens is 256 g/mol. The van der Waals surface area contributed by atoms with E-state index in [2.05, 4.69) is 9.47 Å². The number of fused-ring (bicyclic) bond motifs is 1. The van der Waals surface area contributed by atoms with Crippen molar-refractivity contribution in [1.29, 1.82) is 0 Å². The highest BCUT2D eigenvalue weighted by Gasteiger charge is 2.30. The van der Waals surface area contributed by atoms with Crippen LogP contribution in [0.5, 0.6) is 5.75 Å². The van der Waals surface area contributed by atoms with Crippen LogP contribution in [0.25, 0.3) is 0 Å². The molecule has 0 aromatic heterocycles. The lowest BCUT2D eigenvalue weighted by Crippen LogP contribution is -2.20. The molecule has 0 fully saturated rings. The fraction of sp³-hybridized carbons (Fsp3) is 0.250. The van der Waals surface area contributed by atoms with Crippen molar-refractivity contribution in [2.45, 2.75) is 12.7 Å². The van der Waals surface area contributed by atoms with Gasteiger partial charge in [0.15, 0.2) is 0 Å². The zero-order valence-corrected chi connectivity index (χ0v) is 9.91. The van der Waals surface area contributed by atoms with Gasteiger partial charge >= 0.3 is 17.9 Å². The van der Waals surface area contributed by atoms with Gasteiger partial charge in [-0.3, -0.25) is 4.79 Å².